The number of amides is 2. The zero-order valence-electron chi connectivity index (χ0n) is 10.5. The van der Waals surface area contributed by atoms with Gasteiger partial charge in [0.2, 0.25) is 0 Å². The molecule has 0 radical (unpaired) electrons. The molecule has 1 atom stereocenters. The van der Waals surface area contributed by atoms with E-state index < -0.39 is 12.0 Å². The smallest absolute Gasteiger partial charge is 0.328 e. The summed E-state index contributed by atoms with van der Waals surface area (Å²) in [4.78, 5) is 22.8. The van der Waals surface area contributed by atoms with Crippen LogP contribution in [0.25, 0.3) is 0 Å². The van der Waals surface area contributed by atoms with Crippen LogP contribution in [0.3, 0.4) is 0 Å². The van der Waals surface area contributed by atoms with E-state index in [9.17, 15) is 9.59 Å². The molecule has 0 aromatic carbocycles. The van der Waals surface area contributed by atoms with E-state index in [2.05, 4.69) is 15.4 Å². The zero-order chi connectivity index (χ0) is 12.6. The number of rotatable bonds is 6. The molecule has 2 N–H and O–H groups in total. The van der Waals surface area contributed by atoms with E-state index in [-0.39, 0.29) is 6.03 Å². The van der Waals surface area contributed by atoms with Crippen LogP contribution in [0.5, 0.6) is 0 Å². The van der Waals surface area contributed by atoms with Crippen molar-refractivity contribution in [3.63, 3.8) is 0 Å². The van der Waals surface area contributed by atoms with Crippen LogP contribution in [0.15, 0.2) is 0 Å². The third kappa shape index (κ3) is 6.27. The van der Waals surface area contributed by atoms with Crippen molar-refractivity contribution < 1.29 is 14.3 Å². The van der Waals surface area contributed by atoms with Gasteiger partial charge in [0.05, 0.1) is 7.11 Å². The third-order valence-corrected chi connectivity index (χ3v) is 2.03. The number of ether oxygens (including phenoxy) is 1. The first-order valence-electron chi connectivity index (χ1n) is 5.63. The molecular formula is C11H22N2O3. The van der Waals surface area contributed by atoms with E-state index in [0.29, 0.717) is 18.9 Å². The summed E-state index contributed by atoms with van der Waals surface area (Å²) in [5.41, 5.74) is 0. The molecule has 0 aromatic rings. The van der Waals surface area contributed by atoms with Gasteiger partial charge in [-0.1, -0.05) is 20.8 Å². The van der Waals surface area contributed by atoms with Crippen LogP contribution < -0.4 is 10.6 Å². The largest absolute Gasteiger partial charge is 0.467 e. The number of nitrogens with one attached hydrogen (secondary N) is 2. The lowest BCUT2D eigenvalue weighted by atomic mass is 10.0. The van der Waals surface area contributed by atoms with Gasteiger partial charge in [0.15, 0.2) is 0 Å². The minimum absolute atomic E-state index is 0.315. The molecule has 5 heteroatoms. The van der Waals surface area contributed by atoms with Crippen molar-refractivity contribution in [3.8, 4) is 0 Å². The minimum Gasteiger partial charge on any atom is -0.467 e. The van der Waals surface area contributed by atoms with E-state index >= 15 is 0 Å². The molecule has 2 amide bonds. The van der Waals surface area contributed by atoms with E-state index in [1.54, 1.807) is 0 Å². The quantitative estimate of drug-likeness (QED) is 0.675. The van der Waals surface area contributed by atoms with Gasteiger partial charge in [-0.2, -0.15) is 0 Å². The molecule has 0 aliphatic heterocycles. The van der Waals surface area contributed by atoms with Crippen LogP contribution in [-0.2, 0) is 9.53 Å². The average molecular weight is 230 g/mol. The summed E-state index contributed by atoms with van der Waals surface area (Å²) < 4.78 is 4.64. The van der Waals surface area contributed by atoms with E-state index in [0.717, 1.165) is 6.42 Å². The maximum absolute atomic E-state index is 11.4. The Bertz CT molecular complexity index is 229. The fourth-order valence-electron chi connectivity index (χ4n) is 1.28. The molecule has 0 fully saturated rings. The Balaban J connectivity index is 4.19. The van der Waals surface area contributed by atoms with Gasteiger partial charge in [-0.05, 0) is 18.8 Å². The molecule has 0 aliphatic rings. The molecule has 16 heavy (non-hydrogen) atoms. The third-order valence-electron chi connectivity index (χ3n) is 2.03. The second-order valence-electron chi connectivity index (χ2n) is 4.11. The van der Waals surface area contributed by atoms with Crippen molar-refractivity contribution in [1.82, 2.24) is 10.6 Å². The molecule has 0 bridgehead atoms. The molecule has 0 unspecified atom stereocenters. The predicted octanol–water partition coefficient (Wildman–Crippen LogP) is 1.28. The Morgan fingerprint density at radius 1 is 1.31 bits per heavy atom. The minimum atomic E-state index is -0.568. The monoisotopic (exact) mass is 230 g/mol. The van der Waals surface area contributed by atoms with E-state index in [1.165, 1.54) is 7.11 Å². The van der Waals surface area contributed by atoms with Crippen molar-refractivity contribution in [2.24, 2.45) is 5.92 Å². The standard InChI is InChI=1S/C11H22N2O3/c1-5-6-12-11(15)13-9(7-8(2)3)10(14)16-4/h8-9H,5-7H2,1-4H3,(H2,12,13,15)/t9-/m0/s1. The SMILES string of the molecule is CCCNC(=O)N[C@@H](CC(C)C)C(=O)OC. The van der Waals surface area contributed by atoms with Crippen LogP contribution in [0.4, 0.5) is 4.79 Å². The molecular weight excluding hydrogens is 208 g/mol. The summed E-state index contributed by atoms with van der Waals surface area (Å²) in [7, 11) is 1.32. The molecule has 0 aromatic heterocycles. The van der Waals surface area contributed by atoms with Crippen molar-refractivity contribution in [1.29, 1.82) is 0 Å². The van der Waals surface area contributed by atoms with Crippen molar-refractivity contribution in [2.75, 3.05) is 13.7 Å². The number of esters is 1. The first-order valence-corrected chi connectivity index (χ1v) is 5.63. The van der Waals surface area contributed by atoms with Gasteiger partial charge in [-0.3, -0.25) is 0 Å². The molecule has 0 heterocycles. The fourth-order valence-corrected chi connectivity index (χ4v) is 1.28. The predicted molar refractivity (Wildman–Crippen MR) is 62.1 cm³/mol. The molecule has 94 valence electrons. The topological polar surface area (TPSA) is 67.4 Å². The Morgan fingerprint density at radius 2 is 1.94 bits per heavy atom. The number of hydrogen-bond donors (Lipinski definition) is 2. The number of carbonyl (C=O) groups is 2. The van der Waals surface area contributed by atoms with Crippen LogP contribution in [0.1, 0.15) is 33.6 Å². The normalized spacial score (nSPS) is 12.1. The van der Waals surface area contributed by atoms with Gasteiger partial charge < -0.3 is 15.4 Å². The average Bonchev–Trinajstić information content (AvgIpc) is 2.23. The van der Waals surface area contributed by atoms with E-state index in [1.807, 2.05) is 20.8 Å². The Morgan fingerprint density at radius 3 is 2.38 bits per heavy atom. The summed E-state index contributed by atoms with van der Waals surface area (Å²) in [5, 5.41) is 5.27. The highest BCUT2D eigenvalue weighted by atomic mass is 16.5. The van der Waals surface area contributed by atoms with Gasteiger partial charge in [-0.25, -0.2) is 9.59 Å². The van der Waals surface area contributed by atoms with E-state index in [4.69, 9.17) is 0 Å². The zero-order valence-corrected chi connectivity index (χ0v) is 10.5. The number of hydrogen-bond acceptors (Lipinski definition) is 3. The van der Waals surface area contributed by atoms with Gasteiger partial charge in [0, 0.05) is 6.54 Å². The van der Waals surface area contributed by atoms with Crippen LogP contribution in [0, 0.1) is 5.92 Å². The molecule has 0 aliphatic carbocycles. The maximum Gasteiger partial charge on any atom is 0.328 e. The van der Waals surface area contributed by atoms with Gasteiger partial charge >= 0.3 is 12.0 Å². The molecule has 0 saturated heterocycles. The lowest BCUT2D eigenvalue weighted by molar-refractivity contribution is -0.143. The highest BCUT2D eigenvalue weighted by Crippen LogP contribution is 2.05. The van der Waals surface area contributed by atoms with Crippen molar-refractivity contribution in [3.05, 3.63) is 0 Å². The molecule has 5 nitrogen and oxygen atoms in total. The molecule has 0 rings (SSSR count). The summed E-state index contributed by atoms with van der Waals surface area (Å²) in [6.07, 6.45) is 1.44. The van der Waals surface area contributed by atoms with Gasteiger partial charge in [-0.15, -0.1) is 0 Å². The summed E-state index contributed by atoms with van der Waals surface area (Å²) in [5.74, 6) is -0.0871. The number of urea groups is 1. The number of methoxy groups -OCH3 is 1. The summed E-state index contributed by atoms with van der Waals surface area (Å²) in [6.45, 7) is 6.54. The molecule has 0 spiro atoms. The highest BCUT2D eigenvalue weighted by Gasteiger charge is 2.22. The Labute approximate surface area is 96.9 Å². The van der Waals surface area contributed by atoms with Crippen LogP contribution in [-0.4, -0.2) is 31.7 Å². The first kappa shape index (κ1) is 14.7. The van der Waals surface area contributed by atoms with Crippen molar-refractivity contribution in [2.45, 2.75) is 39.7 Å². The Kier molecular flexibility index (Phi) is 7.33. The fraction of sp³-hybridized carbons (Fsp3) is 0.818. The second kappa shape index (κ2) is 7.96. The Hall–Kier alpha value is -1.26. The summed E-state index contributed by atoms with van der Waals surface area (Å²) >= 11 is 0. The van der Waals surface area contributed by atoms with Crippen molar-refractivity contribution >= 4 is 12.0 Å². The lowest BCUT2D eigenvalue weighted by Crippen LogP contribution is -2.47. The molecule has 0 saturated carbocycles. The van der Waals surface area contributed by atoms with Crippen LogP contribution in [0.2, 0.25) is 0 Å². The second-order valence-corrected chi connectivity index (χ2v) is 4.11. The lowest BCUT2D eigenvalue weighted by Gasteiger charge is -2.18. The highest BCUT2D eigenvalue weighted by molar-refractivity contribution is 5.83. The van der Waals surface area contributed by atoms with Crippen LogP contribution >= 0.6 is 0 Å². The number of carbonyl (C=O) groups excluding carboxylic acids is 2. The van der Waals surface area contributed by atoms with Gasteiger partial charge in [0.25, 0.3) is 0 Å². The van der Waals surface area contributed by atoms with Gasteiger partial charge in [0.1, 0.15) is 6.04 Å². The maximum atomic E-state index is 11.4. The summed E-state index contributed by atoms with van der Waals surface area (Å²) in [6, 6.07) is -0.889. The first-order chi connectivity index (χ1) is 7.51.